The summed E-state index contributed by atoms with van der Waals surface area (Å²) in [5.74, 6) is 0. The summed E-state index contributed by atoms with van der Waals surface area (Å²) in [5.41, 5.74) is 8.18. The van der Waals surface area contributed by atoms with Crippen molar-refractivity contribution in [2.24, 2.45) is 5.73 Å². The van der Waals surface area contributed by atoms with Crippen LogP contribution < -0.4 is 10.6 Å². The van der Waals surface area contributed by atoms with E-state index in [-0.39, 0.29) is 4.99 Å². The van der Waals surface area contributed by atoms with Gasteiger partial charge in [0, 0.05) is 38.1 Å². The third kappa shape index (κ3) is 7.01. The van der Waals surface area contributed by atoms with Crippen molar-refractivity contribution in [3.8, 4) is 12.1 Å². The number of nitrogens with two attached hydrogens (primary N) is 1. The third-order valence-electron chi connectivity index (χ3n) is 4.11. The normalized spacial score (nSPS) is 10.5. The lowest BCUT2D eigenvalue weighted by Crippen LogP contribution is -2.25. The predicted octanol–water partition coefficient (Wildman–Crippen LogP) is 3.87. The average Bonchev–Trinajstić information content (AvgIpc) is 2.65. The van der Waals surface area contributed by atoms with Crippen molar-refractivity contribution < 1.29 is 0 Å². The highest BCUT2D eigenvalue weighted by atomic mass is 32.1. The number of aromatic nitrogens is 1. The van der Waals surface area contributed by atoms with E-state index in [0.29, 0.717) is 15.8 Å². The van der Waals surface area contributed by atoms with E-state index < -0.39 is 0 Å². The predicted molar refractivity (Wildman–Crippen MR) is 118 cm³/mol. The van der Waals surface area contributed by atoms with Gasteiger partial charge in [-0.3, -0.25) is 0 Å². The number of H-pyrrole nitrogens is 1. The highest BCUT2D eigenvalue weighted by Crippen LogP contribution is 2.19. The fourth-order valence-corrected chi connectivity index (χ4v) is 2.99. The highest BCUT2D eigenvalue weighted by molar-refractivity contribution is 7.80. The molecule has 1 heterocycles. The molecule has 0 aliphatic heterocycles. The van der Waals surface area contributed by atoms with E-state index >= 15 is 0 Å². The molecule has 146 valence electrons. The summed E-state index contributed by atoms with van der Waals surface area (Å²) in [6.07, 6.45) is 1.77. The third-order valence-corrected chi connectivity index (χ3v) is 4.64. The number of anilines is 1. The van der Waals surface area contributed by atoms with Crippen LogP contribution in [-0.2, 0) is 0 Å². The molecule has 0 fully saturated rings. The van der Waals surface area contributed by atoms with Gasteiger partial charge in [-0.25, -0.2) is 0 Å². The minimum Gasteiger partial charge on any atom is -0.389 e. The number of aromatic amines is 1. The number of hydrogen-bond acceptors (Lipinski definition) is 6. The number of pyridine rings is 1. The second-order valence-corrected chi connectivity index (χ2v) is 6.31. The van der Waals surface area contributed by atoms with Crippen LogP contribution in [0.25, 0.3) is 0 Å². The van der Waals surface area contributed by atoms with Crippen LogP contribution in [0.2, 0.25) is 0 Å². The molecule has 0 atom stereocenters. The van der Waals surface area contributed by atoms with Crippen LogP contribution >= 0.6 is 24.4 Å². The van der Waals surface area contributed by atoms with E-state index in [4.69, 9.17) is 40.7 Å². The van der Waals surface area contributed by atoms with E-state index in [1.807, 2.05) is 32.9 Å². The van der Waals surface area contributed by atoms with Gasteiger partial charge in [0.05, 0.1) is 5.69 Å². The van der Waals surface area contributed by atoms with Crippen LogP contribution in [0.5, 0.6) is 0 Å². The Morgan fingerprint density at radius 3 is 2.07 bits per heavy atom. The van der Waals surface area contributed by atoms with Crippen LogP contribution in [0.4, 0.5) is 5.69 Å². The van der Waals surface area contributed by atoms with Crippen LogP contribution in [0.1, 0.15) is 40.2 Å². The summed E-state index contributed by atoms with van der Waals surface area (Å²) in [5, 5.41) is 17.8. The Morgan fingerprint density at radius 1 is 1.15 bits per heavy atom. The van der Waals surface area contributed by atoms with Gasteiger partial charge in [0.1, 0.15) is 32.9 Å². The molecule has 0 radical (unpaired) electrons. The molecule has 27 heavy (non-hydrogen) atoms. The molecular formula is C19H28N6S2. The fourth-order valence-electron chi connectivity index (χ4n) is 2.57. The molecule has 0 aromatic carbocycles. The summed E-state index contributed by atoms with van der Waals surface area (Å²) in [6.45, 7) is 13.5. The molecule has 0 aliphatic rings. The van der Waals surface area contributed by atoms with E-state index in [9.17, 15) is 0 Å². The molecule has 0 saturated heterocycles. The highest BCUT2D eigenvalue weighted by Gasteiger charge is 2.09. The first-order valence-electron chi connectivity index (χ1n) is 8.85. The first-order valence-corrected chi connectivity index (χ1v) is 9.66. The van der Waals surface area contributed by atoms with Crippen molar-refractivity contribution >= 4 is 35.1 Å². The largest absolute Gasteiger partial charge is 0.389 e. The molecule has 8 heteroatoms. The smallest absolute Gasteiger partial charge is 0.123 e. The monoisotopic (exact) mass is 404 g/mol. The second kappa shape index (κ2) is 12.9. The van der Waals surface area contributed by atoms with Gasteiger partial charge < -0.3 is 20.5 Å². The minimum atomic E-state index is 0.173. The summed E-state index contributed by atoms with van der Waals surface area (Å²) in [6, 6.07) is 6.05. The maximum atomic E-state index is 8.98. The molecule has 0 unspecified atom stereocenters. The lowest BCUT2D eigenvalue weighted by molar-refractivity contribution is 0.382. The molecule has 1 aromatic rings. The van der Waals surface area contributed by atoms with Gasteiger partial charge in [0.25, 0.3) is 0 Å². The number of nitrogens with zero attached hydrogens (tertiary/aromatic N) is 4. The van der Waals surface area contributed by atoms with Gasteiger partial charge in [-0.05, 0) is 40.7 Å². The molecule has 6 nitrogen and oxygen atoms in total. The number of allylic oxidation sites excluding steroid dienone is 1. The molecule has 1 rings (SSSR count). The Labute approximate surface area is 172 Å². The standard InChI is InChI=1S/C10H13N3S.C9H15N3S/c1-3-13(4-2)9-5-6-12-10(14)8(9)7-11;1-4-12(5-2)7(3)8(6-10)9(11)13/h5-6H,3-4H2,1-2H3,(H,12,14);4-5H2,1-3H3,(H2,11,13)/b;8-7-. The SMILES string of the molecule is CCN(CC)/C(C)=C(/C#N)C(N)=S.CCN(CC)c1cc[nH]c(=S)c1C#N. The lowest BCUT2D eigenvalue weighted by atomic mass is 10.2. The number of nitrogens with one attached hydrogen (secondary N) is 1. The summed E-state index contributed by atoms with van der Waals surface area (Å²) in [4.78, 5) is 7.20. The maximum absolute atomic E-state index is 8.98. The van der Waals surface area contributed by atoms with Crippen molar-refractivity contribution in [2.45, 2.75) is 34.6 Å². The Hall–Kier alpha value is -2.42. The number of rotatable bonds is 7. The summed E-state index contributed by atoms with van der Waals surface area (Å²) in [7, 11) is 0. The van der Waals surface area contributed by atoms with Crippen molar-refractivity contribution in [3.63, 3.8) is 0 Å². The minimum absolute atomic E-state index is 0.173. The van der Waals surface area contributed by atoms with E-state index in [1.165, 1.54) is 0 Å². The Morgan fingerprint density at radius 2 is 1.70 bits per heavy atom. The first-order chi connectivity index (χ1) is 12.8. The average molecular weight is 405 g/mol. The van der Waals surface area contributed by atoms with E-state index in [2.05, 4.69) is 34.7 Å². The Bertz CT molecular complexity index is 790. The molecule has 0 spiro atoms. The summed E-state index contributed by atoms with van der Waals surface area (Å²) >= 11 is 9.83. The van der Waals surface area contributed by atoms with Gasteiger partial charge in [-0.2, -0.15) is 10.5 Å². The van der Waals surface area contributed by atoms with Crippen molar-refractivity contribution in [1.29, 1.82) is 10.5 Å². The molecule has 0 saturated carbocycles. The maximum Gasteiger partial charge on any atom is 0.123 e. The zero-order chi connectivity index (χ0) is 21.0. The van der Waals surface area contributed by atoms with Gasteiger partial charge in [-0.1, -0.05) is 24.4 Å². The second-order valence-electron chi connectivity index (χ2n) is 5.46. The van der Waals surface area contributed by atoms with Crippen LogP contribution in [-0.4, -0.2) is 41.1 Å². The van der Waals surface area contributed by atoms with Crippen LogP contribution in [0.15, 0.2) is 23.5 Å². The Balaban J connectivity index is 0.000000503. The van der Waals surface area contributed by atoms with Crippen molar-refractivity contribution in [3.05, 3.63) is 33.7 Å². The van der Waals surface area contributed by atoms with Gasteiger partial charge in [0.2, 0.25) is 0 Å². The van der Waals surface area contributed by atoms with Gasteiger partial charge in [0.15, 0.2) is 0 Å². The van der Waals surface area contributed by atoms with E-state index in [1.54, 1.807) is 6.20 Å². The van der Waals surface area contributed by atoms with Crippen LogP contribution in [0.3, 0.4) is 0 Å². The fraction of sp³-hybridized carbons (Fsp3) is 0.474. The lowest BCUT2D eigenvalue weighted by Gasteiger charge is -2.22. The number of nitriles is 2. The van der Waals surface area contributed by atoms with Gasteiger partial charge in [-0.15, -0.1) is 0 Å². The molecule has 0 bridgehead atoms. The molecule has 0 aliphatic carbocycles. The molecule has 1 aromatic heterocycles. The van der Waals surface area contributed by atoms with Crippen LogP contribution in [0, 0.1) is 27.3 Å². The zero-order valence-corrected chi connectivity index (χ0v) is 18.3. The van der Waals surface area contributed by atoms with Crippen molar-refractivity contribution in [1.82, 2.24) is 9.88 Å². The quantitative estimate of drug-likeness (QED) is 0.404. The Kier molecular flexibility index (Phi) is 11.7. The number of thiocarbonyl (C=S) groups is 1. The van der Waals surface area contributed by atoms with E-state index in [0.717, 1.165) is 37.6 Å². The molecule has 3 N–H and O–H groups in total. The van der Waals surface area contributed by atoms with Crippen molar-refractivity contribution in [2.75, 3.05) is 31.1 Å². The first kappa shape index (κ1) is 24.6. The van der Waals surface area contributed by atoms with Gasteiger partial charge >= 0.3 is 0 Å². The molecular weight excluding hydrogens is 376 g/mol. The topological polar surface area (TPSA) is 95.9 Å². The zero-order valence-electron chi connectivity index (χ0n) is 16.7. The number of hydrogen-bond donors (Lipinski definition) is 2. The summed E-state index contributed by atoms with van der Waals surface area (Å²) < 4.78 is 0.511. The molecule has 0 amide bonds.